The molecule has 0 saturated heterocycles. The van der Waals surface area contributed by atoms with E-state index in [-0.39, 0.29) is 18.4 Å². The summed E-state index contributed by atoms with van der Waals surface area (Å²) in [6.07, 6.45) is 0.334. The second-order valence-electron chi connectivity index (χ2n) is 4.37. The first kappa shape index (κ1) is 16.2. The summed E-state index contributed by atoms with van der Waals surface area (Å²) in [5.41, 5.74) is 1.51. The first-order chi connectivity index (χ1) is 10.6. The molecule has 0 atom stereocenters. The Bertz CT molecular complexity index is 719. The van der Waals surface area contributed by atoms with Crippen molar-refractivity contribution in [2.45, 2.75) is 6.42 Å². The van der Waals surface area contributed by atoms with Crippen molar-refractivity contribution in [3.63, 3.8) is 0 Å². The summed E-state index contributed by atoms with van der Waals surface area (Å²) in [5, 5.41) is 13.8. The SMILES string of the molecule is N#CCc1ccc(NC(=O)CNC(=O)c2ccc(Br)s2)cc1. The minimum absolute atomic E-state index is 0.103. The fraction of sp³-hybridized carbons (Fsp3) is 0.133. The van der Waals surface area contributed by atoms with Crippen molar-refractivity contribution < 1.29 is 9.59 Å². The topological polar surface area (TPSA) is 82.0 Å². The maximum absolute atomic E-state index is 11.8. The summed E-state index contributed by atoms with van der Waals surface area (Å²) in [6, 6.07) is 12.5. The lowest BCUT2D eigenvalue weighted by Crippen LogP contribution is -2.32. The third-order valence-corrected chi connectivity index (χ3v) is 4.35. The van der Waals surface area contributed by atoms with E-state index in [1.807, 2.05) is 0 Å². The van der Waals surface area contributed by atoms with E-state index < -0.39 is 0 Å². The smallest absolute Gasteiger partial charge is 0.261 e. The molecule has 112 valence electrons. The van der Waals surface area contributed by atoms with Gasteiger partial charge in [-0.05, 0) is 45.8 Å². The van der Waals surface area contributed by atoms with Gasteiger partial charge in [-0.1, -0.05) is 12.1 Å². The second-order valence-corrected chi connectivity index (χ2v) is 6.83. The van der Waals surface area contributed by atoms with Crippen LogP contribution >= 0.6 is 27.3 Å². The molecule has 2 N–H and O–H groups in total. The predicted molar refractivity (Wildman–Crippen MR) is 88.7 cm³/mol. The molecule has 0 radical (unpaired) electrons. The van der Waals surface area contributed by atoms with Crippen LogP contribution in [0.1, 0.15) is 15.2 Å². The van der Waals surface area contributed by atoms with Crippen molar-refractivity contribution in [2.75, 3.05) is 11.9 Å². The highest BCUT2D eigenvalue weighted by atomic mass is 79.9. The van der Waals surface area contributed by atoms with Crippen molar-refractivity contribution in [3.8, 4) is 6.07 Å². The lowest BCUT2D eigenvalue weighted by atomic mass is 10.1. The van der Waals surface area contributed by atoms with Crippen LogP contribution in [0.15, 0.2) is 40.2 Å². The molecule has 2 amide bonds. The van der Waals surface area contributed by atoms with Gasteiger partial charge in [-0.15, -0.1) is 11.3 Å². The molecule has 5 nitrogen and oxygen atoms in total. The molecule has 0 fully saturated rings. The molecule has 1 heterocycles. The van der Waals surface area contributed by atoms with Crippen molar-refractivity contribution >= 4 is 44.8 Å². The molecule has 2 rings (SSSR count). The van der Waals surface area contributed by atoms with Gasteiger partial charge in [0, 0.05) is 5.69 Å². The van der Waals surface area contributed by atoms with Gasteiger partial charge < -0.3 is 10.6 Å². The number of rotatable bonds is 5. The molecule has 7 heteroatoms. The number of halogens is 1. The number of carbonyl (C=O) groups is 2. The van der Waals surface area contributed by atoms with Crippen LogP contribution in [-0.4, -0.2) is 18.4 Å². The Kier molecular flexibility index (Phi) is 5.69. The number of carbonyl (C=O) groups excluding carboxylic acids is 2. The predicted octanol–water partition coefficient (Wildman–Crippen LogP) is 2.95. The lowest BCUT2D eigenvalue weighted by molar-refractivity contribution is -0.115. The second kappa shape index (κ2) is 7.73. The number of nitrogens with zero attached hydrogens (tertiary/aromatic N) is 1. The summed E-state index contributed by atoms with van der Waals surface area (Å²) >= 11 is 4.59. The van der Waals surface area contributed by atoms with E-state index in [9.17, 15) is 9.59 Å². The Labute approximate surface area is 140 Å². The summed E-state index contributed by atoms with van der Waals surface area (Å²) in [5.74, 6) is -0.591. The first-order valence-corrected chi connectivity index (χ1v) is 7.98. The fourth-order valence-corrected chi connectivity index (χ4v) is 2.99. The Morgan fingerprint density at radius 3 is 2.50 bits per heavy atom. The molecule has 0 aliphatic rings. The first-order valence-electron chi connectivity index (χ1n) is 6.38. The minimum atomic E-state index is -0.308. The third kappa shape index (κ3) is 4.69. The molecular weight excluding hydrogens is 366 g/mol. The standard InChI is InChI=1S/C15H12BrN3O2S/c16-13-6-5-12(22-13)15(21)18-9-14(20)19-11-3-1-10(2-4-11)7-8-17/h1-6H,7,9H2,(H,18,21)(H,19,20). The van der Waals surface area contributed by atoms with Crippen LogP contribution in [0.25, 0.3) is 0 Å². The maximum Gasteiger partial charge on any atom is 0.261 e. The van der Waals surface area contributed by atoms with E-state index in [2.05, 4.69) is 32.6 Å². The maximum atomic E-state index is 11.8. The van der Waals surface area contributed by atoms with Gasteiger partial charge in [-0.25, -0.2) is 0 Å². The highest BCUT2D eigenvalue weighted by Gasteiger charge is 2.10. The van der Waals surface area contributed by atoms with Crippen molar-refractivity contribution in [2.24, 2.45) is 0 Å². The van der Waals surface area contributed by atoms with Gasteiger partial charge in [0.1, 0.15) is 0 Å². The number of anilines is 1. The average molecular weight is 378 g/mol. The zero-order chi connectivity index (χ0) is 15.9. The zero-order valence-electron chi connectivity index (χ0n) is 11.4. The number of benzene rings is 1. The van der Waals surface area contributed by atoms with Crippen LogP contribution in [0, 0.1) is 11.3 Å². The monoisotopic (exact) mass is 377 g/mol. The number of hydrogen-bond acceptors (Lipinski definition) is 4. The van der Waals surface area contributed by atoms with Gasteiger partial charge in [0.25, 0.3) is 5.91 Å². The normalized spacial score (nSPS) is 9.82. The van der Waals surface area contributed by atoms with Gasteiger partial charge >= 0.3 is 0 Å². The largest absolute Gasteiger partial charge is 0.342 e. The summed E-state index contributed by atoms with van der Waals surface area (Å²) in [6.45, 7) is -0.103. The number of amides is 2. The van der Waals surface area contributed by atoms with Crippen LogP contribution in [0.3, 0.4) is 0 Å². The van der Waals surface area contributed by atoms with Crippen LogP contribution in [-0.2, 0) is 11.2 Å². The molecular formula is C15H12BrN3O2S. The number of hydrogen-bond donors (Lipinski definition) is 2. The van der Waals surface area contributed by atoms with Crippen LogP contribution in [0.4, 0.5) is 5.69 Å². The van der Waals surface area contributed by atoms with E-state index in [0.717, 1.165) is 9.35 Å². The molecule has 22 heavy (non-hydrogen) atoms. The third-order valence-electron chi connectivity index (χ3n) is 2.73. The van der Waals surface area contributed by atoms with E-state index >= 15 is 0 Å². The van der Waals surface area contributed by atoms with E-state index in [4.69, 9.17) is 5.26 Å². The molecule has 0 saturated carbocycles. The molecule has 0 aliphatic heterocycles. The fourth-order valence-electron chi connectivity index (χ4n) is 1.69. The summed E-state index contributed by atoms with van der Waals surface area (Å²) < 4.78 is 0.861. The van der Waals surface area contributed by atoms with Gasteiger partial charge in [-0.2, -0.15) is 5.26 Å². The Hall–Kier alpha value is -2.17. The van der Waals surface area contributed by atoms with E-state index in [1.54, 1.807) is 36.4 Å². The average Bonchev–Trinajstić information content (AvgIpc) is 2.94. The lowest BCUT2D eigenvalue weighted by Gasteiger charge is -2.06. The number of nitriles is 1. The highest BCUT2D eigenvalue weighted by Crippen LogP contribution is 2.21. The summed E-state index contributed by atoms with van der Waals surface area (Å²) in [7, 11) is 0. The summed E-state index contributed by atoms with van der Waals surface area (Å²) in [4.78, 5) is 24.1. The van der Waals surface area contributed by atoms with Gasteiger partial charge in [0.05, 0.1) is 27.7 Å². The molecule has 1 aromatic heterocycles. The van der Waals surface area contributed by atoms with Crippen molar-refractivity contribution in [1.82, 2.24) is 5.32 Å². The van der Waals surface area contributed by atoms with Crippen LogP contribution < -0.4 is 10.6 Å². The van der Waals surface area contributed by atoms with Crippen LogP contribution in [0.2, 0.25) is 0 Å². The quantitative estimate of drug-likeness (QED) is 0.839. The molecule has 0 spiro atoms. The minimum Gasteiger partial charge on any atom is -0.342 e. The molecule has 1 aromatic carbocycles. The number of nitrogens with one attached hydrogen (secondary N) is 2. The van der Waals surface area contributed by atoms with Gasteiger partial charge in [-0.3, -0.25) is 9.59 Å². The van der Waals surface area contributed by atoms with Crippen molar-refractivity contribution in [3.05, 3.63) is 50.6 Å². The molecule has 0 bridgehead atoms. The van der Waals surface area contributed by atoms with Crippen LogP contribution in [0.5, 0.6) is 0 Å². The highest BCUT2D eigenvalue weighted by molar-refractivity contribution is 9.11. The van der Waals surface area contributed by atoms with E-state index in [0.29, 0.717) is 17.0 Å². The van der Waals surface area contributed by atoms with E-state index in [1.165, 1.54) is 11.3 Å². The van der Waals surface area contributed by atoms with Gasteiger partial charge in [0.15, 0.2) is 0 Å². The Morgan fingerprint density at radius 1 is 1.18 bits per heavy atom. The Morgan fingerprint density at radius 2 is 1.91 bits per heavy atom. The molecule has 0 unspecified atom stereocenters. The Balaban J connectivity index is 1.82. The number of thiophene rings is 1. The van der Waals surface area contributed by atoms with Gasteiger partial charge in [0.2, 0.25) is 5.91 Å². The molecule has 2 aromatic rings. The zero-order valence-corrected chi connectivity index (χ0v) is 13.8. The molecule has 0 aliphatic carbocycles. The van der Waals surface area contributed by atoms with Crippen molar-refractivity contribution in [1.29, 1.82) is 5.26 Å².